The number of nitro groups is 1. The zero-order valence-corrected chi connectivity index (χ0v) is 12.8. The van der Waals surface area contributed by atoms with Crippen LogP contribution in [0.15, 0.2) is 18.2 Å². The molecule has 1 aromatic rings. The predicted molar refractivity (Wildman–Crippen MR) is 83.5 cm³/mol. The smallest absolute Gasteiger partial charge is 0.292 e. The lowest BCUT2D eigenvalue weighted by Gasteiger charge is -2.29. The van der Waals surface area contributed by atoms with Gasteiger partial charge in [0.15, 0.2) is 0 Å². The van der Waals surface area contributed by atoms with Crippen LogP contribution in [-0.4, -0.2) is 17.6 Å². The molecule has 0 radical (unpaired) electrons. The summed E-state index contributed by atoms with van der Waals surface area (Å²) >= 11 is 0. The van der Waals surface area contributed by atoms with E-state index < -0.39 is 0 Å². The summed E-state index contributed by atoms with van der Waals surface area (Å²) in [5, 5.41) is 14.2. The molecule has 2 unspecified atom stereocenters. The van der Waals surface area contributed by atoms with Crippen LogP contribution in [0.25, 0.3) is 0 Å². The molecule has 5 nitrogen and oxygen atoms in total. The summed E-state index contributed by atoms with van der Waals surface area (Å²) in [7, 11) is 0. The summed E-state index contributed by atoms with van der Waals surface area (Å²) in [6, 6.07) is 5.16. The molecule has 1 aromatic carbocycles. The second-order valence-corrected chi connectivity index (χ2v) is 5.71. The Hall–Kier alpha value is -1.62. The Morgan fingerprint density at radius 3 is 2.81 bits per heavy atom. The Morgan fingerprint density at radius 1 is 1.38 bits per heavy atom. The van der Waals surface area contributed by atoms with Crippen LogP contribution in [0.4, 0.5) is 11.4 Å². The first-order valence-corrected chi connectivity index (χ1v) is 7.75. The Labute approximate surface area is 125 Å². The molecule has 116 valence electrons. The van der Waals surface area contributed by atoms with Crippen molar-refractivity contribution in [3.63, 3.8) is 0 Å². The van der Waals surface area contributed by atoms with Crippen LogP contribution in [0.1, 0.15) is 45.1 Å². The maximum Gasteiger partial charge on any atom is 0.292 e. The highest BCUT2D eigenvalue weighted by Gasteiger charge is 2.23. The molecule has 1 aliphatic rings. The number of rotatable bonds is 6. The van der Waals surface area contributed by atoms with Gasteiger partial charge in [0, 0.05) is 18.2 Å². The monoisotopic (exact) mass is 292 g/mol. The van der Waals surface area contributed by atoms with Crippen molar-refractivity contribution >= 4 is 11.4 Å². The number of anilines is 1. The number of nitro benzene ring substituents is 1. The van der Waals surface area contributed by atoms with E-state index in [1.165, 1.54) is 25.3 Å². The summed E-state index contributed by atoms with van der Waals surface area (Å²) in [5.74, 6) is 0.569. The molecule has 0 spiro atoms. The Kier molecular flexibility index (Phi) is 5.56. The van der Waals surface area contributed by atoms with Gasteiger partial charge in [-0.3, -0.25) is 10.1 Å². The summed E-state index contributed by atoms with van der Waals surface area (Å²) < 4.78 is 6.04. The molecule has 1 aliphatic carbocycles. The van der Waals surface area contributed by atoms with Gasteiger partial charge in [-0.15, -0.1) is 0 Å². The first kappa shape index (κ1) is 15.8. The van der Waals surface area contributed by atoms with Crippen molar-refractivity contribution in [2.75, 3.05) is 11.9 Å². The second kappa shape index (κ2) is 7.41. The van der Waals surface area contributed by atoms with E-state index in [1.807, 2.05) is 13.0 Å². The standard InChI is InChI=1S/C16H24N2O3/c1-3-17-16-13(8-6-9-14(16)18(19)20)11-21-15-10-5-4-7-12(15)2/h6,8-9,12,15,17H,3-5,7,10-11H2,1-2H3. The minimum atomic E-state index is -0.343. The SMILES string of the molecule is CCNc1c(COC2CCCCC2C)cccc1[N+](=O)[O-]. The molecule has 5 heteroatoms. The van der Waals surface area contributed by atoms with Crippen LogP contribution >= 0.6 is 0 Å². The van der Waals surface area contributed by atoms with Gasteiger partial charge >= 0.3 is 0 Å². The summed E-state index contributed by atoms with van der Waals surface area (Å²) in [6.07, 6.45) is 5.06. The predicted octanol–water partition coefficient (Wildman–Crippen LogP) is 4.12. The van der Waals surface area contributed by atoms with Crippen LogP contribution < -0.4 is 5.32 Å². The number of nitrogens with one attached hydrogen (secondary N) is 1. The number of para-hydroxylation sites is 1. The van der Waals surface area contributed by atoms with Crippen molar-refractivity contribution in [3.05, 3.63) is 33.9 Å². The van der Waals surface area contributed by atoms with Crippen LogP contribution in [-0.2, 0) is 11.3 Å². The molecule has 1 fully saturated rings. The maximum atomic E-state index is 11.1. The van der Waals surface area contributed by atoms with Gasteiger partial charge in [0.2, 0.25) is 0 Å². The molecule has 0 aromatic heterocycles. The Balaban J connectivity index is 2.11. The lowest BCUT2D eigenvalue weighted by Crippen LogP contribution is -2.25. The maximum absolute atomic E-state index is 11.1. The molecule has 0 bridgehead atoms. The molecule has 2 rings (SSSR count). The first-order chi connectivity index (χ1) is 10.1. The van der Waals surface area contributed by atoms with Gasteiger partial charge in [-0.1, -0.05) is 31.9 Å². The van der Waals surface area contributed by atoms with Gasteiger partial charge in [-0.2, -0.15) is 0 Å². The topological polar surface area (TPSA) is 64.4 Å². The van der Waals surface area contributed by atoms with Crippen molar-refractivity contribution in [2.24, 2.45) is 5.92 Å². The Morgan fingerprint density at radius 2 is 2.14 bits per heavy atom. The molecule has 1 N–H and O–H groups in total. The highest BCUT2D eigenvalue weighted by molar-refractivity contribution is 5.66. The number of ether oxygens (including phenoxy) is 1. The summed E-state index contributed by atoms with van der Waals surface area (Å²) in [4.78, 5) is 10.8. The van der Waals surface area contributed by atoms with E-state index in [-0.39, 0.29) is 16.7 Å². The van der Waals surface area contributed by atoms with Crippen LogP contribution in [0.2, 0.25) is 0 Å². The molecule has 2 atom stereocenters. The van der Waals surface area contributed by atoms with Crippen molar-refractivity contribution in [2.45, 2.75) is 52.2 Å². The van der Waals surface area contributed by atoms with E-state index in [4.69, 9.17) is 4.74 Å². The summed E-state index contributed by atoms with van der Waals surface area (Å²) in [5.41, 5.74) is 1.58. The average Bonchev–Trinajstić information content (AvgIpc) is 2.47. The fraction of sp³-hybridized carbons (Fsp3) is 0.625. The lowest BCUT2D eigenvalue weighted by atomic mass is 9.88. The molecule has 0 saturated heterocycles. The average molecular weight is 292 g/mol. The number of hydrogen-bond acceptors (Lipinski definition) is 4. The fourth-order valence-electron chi connectivity index (χ4n) is 2.97. The van der Waals surface area contributed by atoms with Crippen LogP contribution in [0.5, 0.6) is 0 Å². The first-order valence-electron chi connectivity index (χ1n) is 7.75. The third kappa shape index (κ3) is 3.94. The van der Waals surface area contributed by atoms with E-state index in [1.54, 1.807) is 6.07 Å². The van der Waals surface area contributed by atoms with E-state index in [2.05, 4.69) is 12.2 Å². The van der Waals surface area contributed by atoms with Gasteiger partial charge in [-0.05, 0) is 25.7 Å². The van der Waals surface area contributed by atoms with Crippen molar-refractivity contribution in [3.8, 4) is 0 Å². The highest BCUT2D eigenvalue weighted by Crippen LogP contribution is 2.31. The number of nitrogens with zero attached hydrogens (tertiary/aromatic N) is 1. The number of benzene rings is 1. The van der Waals surface area contributed by atoms with E-state index in [0.29, 0.717) is 24.8 Å². The van der Waals surface area contributed by atoms with Gasteiger partial charge in [0.1, 0.15) is 5.69 Å². The minimum Gasteiger partial charge on any atom is -0.379 e. The fourth-order valence-corrected chi connectivity index (χ4v) is 2.97. The Bertz CT molecular complexity index is 490. The van der Waals surface area contributed by atoms with Crippen molar-refractivity contribution < 1.29 is 9.66 Å². The third-order valence-electron chi connectivity index (χ3n) is 4.16. The molecule has 0 aliphatic heterocycles. The van der Waals surface area contributed by atoms with E-state index in [9.17, 15) is 10.1 Å². The van der Waals surface area contributed by atoms with Crippen LogP contribution in [0.3, 0.4) is 0 Å². The van der Waals surface area contributed by atoms with Crippen molar-refractivity contribution in [1.29, 1.82) is 0 Å². The quantitative estimate of drug-likeness (QED) is 0.632. The van der Waals surface area contributed by atoms with Crippen LogP contribution in [0, 0.1) is 16.0 Å². The van der Waals surface area contributed by atoms with Gasteiger partial charge in [-0.25, -0.2) is 0 Å². The van der Waals surface area contributed by atoms with Crippen molar-refractivity contribution in [1.82, 2.24) is 0 Å². The van der Waals surface area contributed by atoms with Gasteiger partial charge < -0.3 is 10.1 Å². The molecule has 0 heterocycles. The lowest BCUT2D eigenvalue weighted by molar-refractivity contribution is -0.384. The second-order valence-electron chi connectivity index (χ2n) is 5.71. The third-order valence-corrected chi connectivity index (χ3v) is 4.16. The van der Waals surface area contributed by atoms with Gasteiger partial charge in [0.05, 0.1) is 17.6 Å². The zero-order chi connectivity index (χ0) is 15.2. The van der Waals surface area contributed by atoms with Gasteiger partial charge in [0.25, 0.3) is 5.69 Å². The molecular formula is C16H24N2O3. The molecule has 21 heavy (non-hydrogen) atoms. The van der Waals surface area contributed by atoms with E-state index >= 15 is 0 Å². The highest BCUT2D eigenvalue weighted by atomic mass is 16.6. The largest absolute Gasteiger partial charge is 0.379 e. The zero-order valence-electron chi connectivity index (χ0n) is 12.8. The normalized spacial score (nSPS) is 22.0. The molecule has 0 amide bonds. The molecular weight excluding hydrogens is 268 g/mol. The summed E-state index contributed by atoms with van der Waals surface area (Å²) in [6.45, 7) is 5.24. The van der Waals surface area contributed by atoms with E-state index in [0.717, 1.165) is 12.0 Å². The number of hydrogen-bond donors (Lipinski definition) is 1. The minimum absolute atomic E-state index is 0.120. The molecule has 1 saturated carbocycles.